The number of halogens is 1. The molecule has 2 heterocycles. The van der Waals surface area contributed by atoms with Crippen molar-refractivity contribution in [2.75, 3.05) is 38.5 Å². The van der Waals surface area contributed by atoms with Crippen LogP contribution < -0.4 is 10.6 Å². The number of rotatable bonds is 5. The Balaban J connectivity index is 0.00000200. The van der Waals surface area contributed by atoms with Crippen LogP contribution in [0.4, 0.5) is 0 Å². The fourth-order valence-electron chi connectivity index (χ4n) is 2.62. The van der Waals surface area contributed by atoms with Crippen LogP contribution in [0.2, 0.25) is 0 Å². The van der Waals surface area contributed by atoms with Crippen LogP contribution in [0.15, 0.2) is 0 Å². The SMILES string of the molecule is Cl.O=C(NCCS(=O)(=O)N1CCCC1)C1CCCNC1. The number of hydrogen-bond acceptors (Lipinski definition) is 4. The fourth-order valence-corrected chi connectivity index (χ4v) is 4.05. The lowest BCUT2D eigenvalue weighted by atomic mass is 9.99. The van der Waals surface area contributed by atoms with Crippen molar-refractivity contribution in [1.82, 2.24) is 14.9 Å². The van der Waals surface area contributed by atoms with Crippen LogP contribution in [0.3, 0.4) is 0 Å². The fraction of sp³-hybridized carbons (Fsp3) is 0.917. The molecule has 0 bridgehead atoms. The Bertz CT molecular complexity index is 404. The topological polar surface area (TPSA) is 78.5 Å². The van der Waals surface area contributed by atoms with Crippen LogP contribution >= 0.6 is 12.4 Å². The highest BCUT2D eigenvalue weighted by Crippen LogP contribution is 2.13. The number of sulfonamides is 1. The molecule has 2 rings (SSSR count). The quantitative estimate of drug-likeness (QED) is 0.743. The van der Waals surface area contributed by atoms with Gasteiger partial charge in [0, 0.05) is 26.2 Å². The third-order valence-electron chi connectivity index (χ3n) is 3.79. The third kappa shape index (κ3) is 4.87. The summed E-state index contributed by atoms with van der Waals surface area (Å²) in [6, 6.07) is 0. The summed E-state index contributed by atoms with van der Waals surface area (Å²) in [5, 5.41) is 5.93. The minimum Gasteiger partial charge on any atom is -0.355 e. The Morgan fingerprint density at radius 3 is 2.55 bits per heavy atom. The second-order valence-electron chi connectivity index (χ2n) is 5.26. The van der Waals surface area contributed by atoms with E-state index in [9.17, 15) is 13.2 Å². The molecule has 0 aromatic rings. The van der Waals surface area contributed by atoms with Crippen LogP contribution in [0.5, 0.6) is 0 Å². The Kier molecular flexibility index (Phi) is 7.22. The Hall–Kier alpha value is -0.370. The first kappa shape index (κ1) is 17.7. The van der Waals surface area contributed by atoms with Crippen LogP contribution in [-0.4, -0.2) is 57.1 Å². The molecular formula is C12H24ClN3O3S. The van der Waals surface area contributed by atoms with Gasteiger partial charge in [0.15, 0.2) is 0 Å². The smallest absolute Gasteiger partial charge is 0.224 e. The molecule has 0 aromatic heterocycles. The molecule has 6 nitrogen and oxygen atoms in total. The van der Waals surface area contributed by atoms with E-state index in [-0.39, 0.29) is 36.5 Å². The average molecular weight is 326 g/mol. The molecular weight excluding hydrogens is 302 g/mol. The molecule has 0 radical (unpaired) electrons. The Morgan fingerprint density at radius 1 is 1.25 bits per heavy atom. The normalized spacial score (nSPS) is 24.1. The summed E-state index contributed by atoms with van der Waals surface area (Å²) < 4.78 is 25.4. The van der Waals surface area contributed by atoms with Crippen LogP contribution in [-0.2, 0) is 14.8 Å². The minimum atomic E-state index is -3.18. The Labute approximate surface area is 127 Å². The summed E-state index contributed by atoms with van der Waals surface area (Å²) in [6.07, 6.45) is 3.78. The standard InChI is InChI=1S/C12H23N3O3S.ClH/c16-12(11-4-3-5-13-10-11)14-6-9-19(17,18)15-7-1-2-8-15;/h11,13H,1-10H2,(H,14,16);1H. The number of nitrogens with one attached hydrogen (secondary N) is 2. The van der Waals surface area contributed by atoms with Crippen molar-refractivity contribution in [1.29, 1.82) is 0 Å². The van der Waals surface area contributed by atoms with Gasteiger partial charge in [0.1, 0.15) is 0 Å². The molecule has 1 unspecified atom stereocenters. The van der Waals surface area contributed by atoms with Crippen LogP contribution in [0.1, 0.15) is 25.7 Å². The van der Waals surface area contributed by atoms with Gasteiger partial charge in [-0.2, -0.15) is 0 Å². The van der Waals surface area contributed by atoms with Crippen molar-refractivity contribution in [2.24, 2.45) is 5.92 Å². The van der Waals surface area contributed by atoms with E-state index in [0.29, 0.717) is 19.6 Å². The summed E-state index contributed by atoms with van der Waals surface area (Å²) in [6.45, 7) is 3.14. The van der Waals surface area contributed by atoms with Crippen molar-refractivity contribution in [3.8, 4) is 0 Å². The zero-order valence-electron chi connectivity index (χ0n) is 11.6. The molecule has 1 atom stereocenters. The predicted molar refractivity (Wildman–Crippen MR) is 80.4 cm³/mol. The van der Waals surface area contributed by atoms with E-state index in [1.54, 1.807) is 0 Å². The molecule has 2 saturated heterocycles. The lowest BCUT2D eigenvalue weighted by Crippen LogP contribution is -2.42. The molecule has 2 fully saturated rings. The molecule has 0 saturated carbocycles. The van der Waals surface area contributed by atoms with E-state index >= 15 is 0 Å². The first-order valence-electron chi connectivity index (χ1n) is 7.06. The summed E-state index contributed by atoms with van der Waals surface area (Å²) in [5.74, 6) is -0.0223. The summed E-state index contributed by atoms with van der Waals surface area (Å²) in [7, 11) is -3.18. The van der Waals surface area contributed by atoms with Gasteiger partial charge in [0.25, 0.3) is 0 Å². The monoisotopic (exact) mass is 325 g/mol. The van der Waals surface area contributed by atoms with Gasteiger partial charge < -0.3 is 10.6 Å². The van der Waals surface area contributed by atoms with E-state index in [0.717, 1.165) is 32.2 Å². The maximum atomic E-state index is 12.0. The van der Waals surface area contributed by atoms with Crippen molar-refractivity contribution in [2.45, 2.75) is 25.7 Å². The molecule has 2 N–H and O–H groups in total. The van der Waals surface area contributed by atoms with Crippen molar-refractivity contribution >= 4 is 28.3 Å². The Morgan fingerprint density at radius 2 is 1.95 bits per heavy atom. The van der Waals surface area contributed by atoms with E-state index in [1.807, 2.05) is 0 Å². The highest BCUT2D eigenvalue weighted by atomic mass is 35.5. The molecule has 2 aliphatic rings. The van der Waals surface area contributed by atoms with E-state index in [1.165, 1.54) is 4.31 Å². The van der Waals surface area contributed by atoms with Crippen LogP contribution in [0, 0.1) is 5.92 Å². The van der Waals surface area contributed by atoms with Crippen molar-refractivity contribution in [3.05, 3.63) is 0 Å². The molecule has 118 valence electrons. The van der Waals surface area contributed by atoms with Gasteiger partial charge >= 0.3 is 0 Å². The number of carbonyl (C=O) groups excluding carboxylic acids is 1. The average Bonchev–Trinajstić information content (AvgIpc) is 2.94. The molecule has 20 heavy (non-hydrogen) atoms. The zero-order chi connectivity index (χ0) is 13.7. The largest absolute Gasteiger partial charge is 0.355 e. The minimum absolute atomic E-state index is 0. The number of piperidine rings is 1. The molecule has 0 aromatic carbocycles. The number of carbonyl (C=O) groups is 1. The predicted octanol–water partition coefficient (Wildman–Crippen LogP) is -0.0504. The highest BCUT2D eigenvalue weighted by Gasteiger charge is 2.26. The first-order chi connectivity index (χ1) is 9.09. The van der Waals surface area contributed by atoms with Gasteiger partial charge in [-0.15, -0.1) is 12.4 Å². The lowest BCUT2D eigenvalue weighted by molar-refractivity contribution is -0.125. The van der Waals surface area contributed by atoms with Gasteiger partial charge in [-0.1, -0.05) is 0 Å². The lowest BCUT2D eigenvalue weighted by Gasteiger charge is -2.22. The molecule has 8 heteroatoms. The second kappa shape index (κ2) is 8.17. The van der Waals surface area contributed by atoms with Gasteiger partial charge in [-0.05, 0) is 32.2 Å². The van der Waals surface area contributed by atoms with E-state index in [4.69, 9.17) is 0 Å². The number of nitrogens with zero attached hydrogens (tertiary/aromatic N) is 1. The zero-order valence-corrected chi connectivity index (χ0v) is 13.3. The van der Waals surface area contributed by atoms with Crippen LogP contribution in [0.25, 0.3) is 0 Å². The number of amides is 1. The van der Waals surface area contributed by atoms with Crippen molar-refractivity contribution < 1.29 is 13.2 Å². The highest BCUT2D eigenvalue weighted by molar-refractivity contribution is 7.89. The molecule has 0 spiro atoms. The molecule has 1 amide bonds. The van der Waals surface area contributed by atoms with Gasteiger partial charge in [-0.25, -0.2) is 12.7 Å². The second-order valence-corrected chi connectivity index (χ2v) is 7.34. The van der Waals surface area contributed by atoms with Crippen molar-refractivity contribution in [3.63, 3.8) is 0 Å². The summed E-state index contributed by atoms with van der Waals surface area (Å²) in [5.41, 5.74) is 0. The van der Waals surface area contributed by atoms with Gasteiger partial charge in [0.2, 0.25) is 15.9 Å². The molecule has 2 aliphatic heterocycles. The maximum Gasteiger partial charge on any atom is 0.224 e. The van der Waals surface area contributed by atoms with Gasteiger partial charge in [0.05, 0.1) is 11.7 Å². The van der Waals surface area contributed by atoms with E-state index < -0.39 is 10.0 Å². The number of hydrogen-bond donors (Lipinski definition) is 2. The summed E-state index contributed by atoms with van der Waals surface area (Å²) >= 11 is 0. The maximum absolute atomic E-state index is 12.0. The first-order valence-corrected chi connectivity index (χ1v) is 8.67. The molecule has 0 aliphatic carbocycles. The van der Waals surface area contributed by atoms with Gasteiger partial charge in [-0.3, -0.25) is 4.79 Å². The summed E-state index contributed by atoms with van der Waals surface area (Å²) in [4.78, 5) is 11.8. The van der Waals surface area contributed by atoms with E-state index in [2.05, 4.69) is 10.6 Å². The third-order valence-corrected chi connectivity index (χ3v) is 5.66.